The van der Waals surface area contributed by atoms with Gasteiger partial charge in [-0.25, -0.2) is 0 Å². The minimum atomic E-state index is -0.371. The summed E-state index contributed by atoms with van der Waals surface area (Å²) in [7, 11) is 0. The van der Waals surface area contributed by atoms with Crippen LogP contribution in [-0.4, -0.2) is 34.6 Å². The van der Waals surface area contributed by atoms with Crippen LogP contribution >= 0.6 is 0 Å². The Hall–Kier alpha value is 0.464. The van der Waals surface area contributed by atoms with Crippen LogP contribution in [0.25, 0.3) is 0 Å². The van der Waals surface area contributed by atoms with Gasteiger partial charge in [-0.2, -0.15) is 0 Å². The van der Waals surface area contributed by atoms with Gasteiger partial charge in [-0.05, 0) is 25.7 Å². The molecule has 24 heavy (non-hydrogen) atoms. The normalized spacial score (nSPS) is 23.0. The Kier molecular flexibility index (Phi) is 16.0. The fraction of sp³-hybridized carbons (Fsp3) is 1.00. The molecule has 0 saturated carbocycles. The molecule has 0 aliphatic carbocycles. The van der Waals surface area contributed by atoms with Gasteiger partial charge in [0.25, 0.3) is 0 Å². The van der Waals surface area contributed by atoms with Crippen LogP contribution in [-0.2, 0) is 23.3 Å². The Morgan fingerprint density at radius 2 is 1.21 bits per heavy atom. The summed E-state index contributed by atoms with van der Waals surface area (Å²) in [5.74, 6) is 0. The van der Waals surface area contributed by atoms with Gasteiger partial charge in [0.2, 0.25) is 0 Å². The molecule has 0 bridgehead atoms. The van der Waals surface area contributed by atoms with Gasteiger partial charge in [0.15, 0.2) is 0 Å². The quantitative estimate of drug-likeness (QED) is 0.419. The molecule has 1 fully saturated rings. The van der Waals surface area contributed by atoms with Crippen molar-refractivity contribution in [1.29, 1.82) is 0 Å². The molecule has 0 aromatic carbocycles. The molecule has 1 aliphatic rings. The Bertz CT molecular complexity index is 276. The van der Waals surface area contributed by atoms with Gasteiger partial charge < -0.3 is 14.9 Å². The van der Waals surface area contributed by atoms with Crippen molar-refractivity contribution in [3.8, 4) is 0 Å². The van der Waals surface area contributed by atoms with Gasteiger partial charge in [0.05, 0.1) is 24.4 Å². The van der Waals surface area contributed by atoms with E-state index in [9.17, 15) is 10.2 Å². The third-order valence-electron chi connectivity index (χ3n) is 5.22. The number of aliphatic hydroxyl groups excluding tert-OH is 2. The van der Waals surface area contributed by atoms with Crippen LogP contribution in [0.4, 0.5) is 0 Å². The van der Waals surface area contributed by atoms with Crippen LogP contribution in [0, 0.1) is 0 Å². The Balaban J connectivity index is 0.00000529. The summed E-state index contributed by atoms with van der Waals surface area (Å²) in [6.07, 6.45) is 15.7. The molecule has 1 saturated heterocycles. The molecule has 3 nitrogen and oxygen atoms in total. The van der Waals surface area contributed by atoms with Crippen LogP contribution in [0.15, 0.2) is 0 Å². The molecule has 1 radical (unpaired) electrons. The zero-order valence-corrected chi connectivity index (χ0v) is 17.4. The third-order valence-corrected chi connectivity index (χ3v) is 5.22. The third kappa shape index (κ3) is 10.5. The summed E-state index contributed by atoms with van der Waals surface area (Å²) in [6.45, 7) is 4.23. The largest absolute Gasteiger partial charge is 0.390 e. The molecule has 0 aromatic rings. The Morgan fingerprint density at radius 1 is 0.750 bits per heavy atom. The zero-order valence-electron chi connectivity index (χ0n) is 16.0. The van der Waals surface area contributed by atoms with Gasteiger partial charge in [-0.3, -0.25) is 0 Å². The van der Waals surface area contributed by atoms with Crippen LogP contribution in [0.3, 0.4) is 0 Å². The molecule has 0 unspecified atom stereocenters. The summed E-state index contributed by atoms with van der Waals surface area (Å²) in [6, 6.07) is 0. The first-order valence-electron chi connectivity index (χ1n) is 10.2. The average Bonchev–Trinajstić information content (AvgIpc) is 3.05. The summed E-state index contributed by atoms with van der Waals surface area (Å²) in [5, 5.41) is 20.1. The first-order valence-corrected chi connectivity index (χ1v) is 10.2. The van der Waals surface area contributed by atoms with E-state index in [0.29, 0.717) is 0 Å². The second-order valence-corrected chi connectivity index (χ2v) is 7.30. The molecule has 1 rings (SSSR count). The van der Waals surface area contributed by atoms with Crippen LogP contribution in [0.5, 0.6) is 0 Å². The maximum atomic E-state index is 10.2. The molecule has 143 valence electrons. The van der Waals surface area contributed by atoms with Crippen molar-refractivity contribution in [3.63, 3.8) is 0 Å². The molecule has 0 spiro atoms. The molecule has 1 heterocycles. The van der Waals surface area contributed by atoms with Crippen molar-refractivity contribution >= 4 is 0 Å². The van der Waals surface area contributed by atoms with E-state index in [-0.39, 0.29) is 43.0 Å². The van der Waals surface area contributed by atoms with Gasteiger partial charge in [0, 0.05) is 18.6 Å². The number of hydrogen-bond acceptors (Lipinski definition) is 3. The van der Waals surface area contributed by atoms with Crippen molar-refractivity contribution in [1.82, 2.24) is 0 Å². The monoisotopic (exact) mass is 379 g/mol. The van der Waals surface area contributed by atoms with E-state index in [1.165, 1.54) is 57.8 Å². The number of ether oxygens (including phenoxy) is 1. The summed E-state index contributed by atoms with van der Waals surface area (Å²) in [5.41, 5.74) is 0. The second kappa shape index (κ2) is 15.7. The average molecular weight is 379 g/mol. The molecule has 2 N–H and O–H groups in total. The van der Waals surface area contributed by atoms with Crippen molar-refractivity contribution in [2.45, 2.75) is 128 Å². The van der Waals surface area contributed by atoms with Gasteiger partial charge in [-0.15, -0.1) is 0 Å². The summed E-state index contributed by atoms with van der Waals surface area (Å²) >= 11 is 0. The minimum Gasteiger partial charge on any atom is -0.390 e. The first-order chi connectivity index (χ1) is 11.2. The number of hydrogen-bond donors (Lipinski definition) is 2. The van der Waals surface area contributed by atoms with Gasteiger partial charge in [-0.1, -0.05) is 78.1 Å². The predicted octanol–water partition coefficient (Wildman–Crippen LogP) is 4.97. The van der Waals surface area contributed by atoms with Crippen molar-refractivity contribution in [2.75, 3.05) is 0 Å². The SMILES string of the molecule is CCCCCCCCCCCC[C@@H](O)[C@H]1CC[C@H]([C@@H](O)CC)O1.[V]. The molecule has 0 amide bonds. The van der Waals surface area contributed by atoms with Crippen LogP contribution in [0.1, 0.15) is 104 Å². The van der Waals surface area contributed by atoms with Gasteiger partial charge >= 0.3 is 0 Å². The van der Waals surface area contributed by atoms with E-state index in [1.807, 2.05) is 6.92 Å². The summed E-state index contributed by atoms with van der Waals surface area (Å²) in [4.78, 5) is 0. The van der Waals surface area contributed by atoms with Crippen molar-refractivity contribution in [3.05, 3.63) is 0 Å². The zero-order chi connectivity index (χ0) is 16.9. The Morgan fingerprint density at radius 3 is 1.71 bits per heavy atom. The van der Waals surface area contributed by atoms with Gasteiger partial charge in [0.1, 0.15) is 0 Å². The Labute approximate surface area is 161 Å². The second-order valence-electron chi connectivity index (χ2n) is 7.30. The van der Waals surface area contributed by atoms with E-state index < -0.39 is 0 Å². The maximum absolute atomic E-state index is 10.2. The van der Waals surface area contributed by atoms with E-state index in [2.05, 4.69) is 6.92 Å². The van der Waals surface area contributed by atoms with Crippen LogP contribution in [0.2, 0.25) is 0 Å². The number of aliphatic hydroxyl groups is 2. The topological polar surface area (TPSA) is 49.7 Å². The van der Waals surface area contributed by atoms with E-state index in [4.69, 9.17) is 4.74 Å². The van der Waals surface area contributed by atoms with E-state index >= 15 is 0 Å². The first kappa shape index (κ1) is 24.5. The fourth-order valence-electron chi connectivity index (χ4n) is 3.54. The molecule has 1 aliphatic heterocycles. The molecular formula is C20H40O3V. The standard InChI is InChI=1S/C20H40O3.V/c1-3-5-6-7-8-9-10-11-12-13-14-18(22)20-16-15-19(23-20)17(21)4-2;/h17-22H,3-16H2,1-2H3;/t17-,18+,19+,20+;/m0./s1. The molecule has 4 heteroatoms. The molecule has 0 aromatic heterocycles. The van der Waals surface area contributed by atoms with Crippen molar-refractivity contribution < 1.29 is 33.5 Å². The minimum absolute atomic E-state index is 0. The fourth-order valence-corrected chi connectivity index (χ4v) is 3.54. The van der Waals surface area contributed by atoms with E-state index in [0.717, 1.165) is 32.1 Å². The number of rotatable bonds is 14. The van der Waals surface area contributed by atoms with Crippen LogP contribution < -0.4 is 0 Å². The van der Waals surface area contributed by atoms with Crippen molar-refractivity contribution in [2.24, 2.45) is 0 Å². The predicted molar refractivity (Wildman–Crippen MR) is 96.7 cm³/mol. The molecular weight excluding hydrogens is 339 g/mol. The summed E-state index contributed by atoms with van der Waals surface area (Å²) < 4.78 is 5.82. The molecule has 4 atom stereocenters. The smallest absolute Gasteiger partial charge is 0.0840 e. The number of unbranched alkanes of at least 4 members (excludes halogenated alkanes) is 9. The maximum Gasteiger partial charge on any atom is 0.0840 e. The van der Waals surface area contributed by atoms with E-state index in [1.54, 1.807) is 0 Å².